The van der Waals surface area contributed by atoms with E-state index in [0.717, 1.165) is 0 Å². The third kappa shape index (κ3) is 2.92. The van der Waals surface area contributed by atoms with Gasteiger partial charge in [0.25, 0.3) is 0 Å². The Morgan fingerprint density at radius 3 is 2.11 bits per heavy atom. The van der Waals surface area contributed by atoms with Crippen molar-refractivity contribution in [1.82, 2.24) is 4.57 Å². The van der Waals surface area contributed by atoms with Crippen molar-refractivity contribution in [3.63, 3.8) is 0 Å². The summed E-state index contributed by atoms with van der Waals surface area (Å²) >= 11 is 1.94. The van der Waals surface area contributed by atoms with Crippen molar-refractivity contribution in [2.75, 3.05) is 0 Å². The zero-order valence-electron chi connectivity index (χ0n) is 21.3. The summed E-state index contributed by atoms with van der Waals surface area (Å²) in [5.41, 5.74) is 9.02. The molecule has 0 aliphatic rings. The smallest absolute Gasteiger partial charge is 0.0547 e. The van der Waals surface area contributed by atoms with E-state index in [1.165, 1.54) is 80.7 Å². The molecule has 0 amide bonds. The van der Waals surface area contributed by atoms with Crippen LogP contribution in [0.4, 0.5) is 0 Å². The van der Waals surface area contributed by atoms with Crippen LogP contribution < -0.4 is 0 Å². The van der Waals surface area contributed by atoms with Crippen LogP contribution in [0.25, 0.3) is 69.6 Å². The van der Waals surface area contributed by atoms with Gasteiger partial charge in [0.15, 0.2) is 0 Å². The van der Waals surface area contributed by atoms with Gasteiger partial charge < -0.3 is 4.57 Å². The summed E-state index contributed by atoms with van der Waals surface area (Å²) in [5.74, 6) is 0. The Hall–Kier alpha value is -4.40. The molecule has 0 aliphatic heterocycles. The maximum absolute atomic E-state index is 2.41. The van der Waals surface area contributed by atoms with Crippen molar-refractivity contribution in [2.24, 2.45) is 0 Å². The summed E-state index contributed by atoms with van der Waals surface area (Å²) in [4.78, 5) is 0. The van der Waals surface area contributed by atoms with Gasteiger partial charge in [-0.15, -0.1) is 11.3 Å². The highest BCUT2D eigenvalue weighted by Crippen LogP contribution is 2.46. The molecule has 0 fully saturated rings. The van der Waals surface area contributed by atoms with Crippen LogP contribution in [0.2, 0.25) is 0 Å². The zero-order valence-corrected chi connectivity index (χ0v) is 22.1. The van der Waals surface area contributed by atoms with Crippen molar-refractivity contribution in [3.05, 3.63) is 126 Å². The molecular formula is C36H25NS. The first-order valence-corrected chi connectivity index (χ1v) is 13.9. The van der Waals surface area contributed by atoms with Gasteiger partial charge in [0, 0.05) is 36.6 Å². The second-order valence-corrected chi connectivity index (χ2v) is 11.2. The van der Waals surface area contributed by atoms with E-state index in [2.05, 4.69) is 134 Å². The maximum Gasteiger partial charge on any atom is 0.0547 e. The molecule has 8 rings (SSSR count). The minimum absolute atomic E-state index is 1.19. The summed E-state index contributed by atoms with van der Waals surface area (Å²) in [7, 11) is 0. The fourth-order valence-corrected chi connectivity index (χ4v) is 7.68. The van der Waals surface area contributed by atoms with Crippen molar-refractivity contribution in [3.8, 4) is 16.8 Å². The molecule has 38 heavy (non-hydrogen) atoms. The number of hydrogen-bond donors (Lipinski definition) is 0. The molecule has 0 N–H and O–H groups in total. The Balaban J connectivity index is 1.48. The van der Waals surface area contributed by atoms with Gasteiger partial charge in [0.1, 0.15) is 0 Å². The normalized spacial score (nSPS) is 11.9. The average Bonchev–Trinajstić information content (AvgIpc) is 3.51. The van der Waals surface area contributed by atoms with Gasteiger partial charge in [0.05, 0.1) is 11.0 Å². The first-order valence-electron chi connectivity index (χ1n) is 13.1. The van der Waals surface area contributed by atoms with Crippen LogP contribution in [0, 0.1) is 13.8 Å². The Morgan fingerprint density at radius 1 is 0.526 bits per heavy atom. The predicted molar refractivity (Wildman–Crippen MR) is 166 cm³/mol. The summed E-state index contributed by atoms with van der Waals surface area (Å²) in [6.45, 7) is 4.56. The molecule has 6 aromatic carbocycles. The molecule has 8 aromatic rings. The molecule has 0 radical (unpaired) electrons. The molecule has 2 heteroatoms. The number of fused-ring (bicyclic) bond motifs is 8. The Kier molecular flexibility index (Phi) is 4.59. The van der Waals surface area contributed by atoms with Crippen LogP contribution in [0.15, 0.2) is 115 Å². The first kappa shape index (κ1) is 21.7. The molecule has 2 heterocycles. The van der Waals surface area contributed by atoms with E-state index >= 15 is 0 Å². The van der Waals surface area contributed by atoms with Crippen molar-refractivity contribution >= 4 is 64.1 Å². The number of para-hydroxylation sites is 2. The summed E-state index contributed by atoms with van der Waals surface area (Å²) in [6, 6.07) is 42.1. The molecule has 0 saturated heterocycles. The van der Waals surface area contributed by atoms with Gasteiger partial charge in [-0.1, -0.05) is 91.0 Å². The Morgan fingerprint density at radius 2 is 1.24 bits per heavy atom. The number of aromatic nitrogens is 1. The van der Waals surface area contributed by atoms with Crippen LogP contribution in [0.1, 0.15) is 11.1 Å². The molecule has 180 valence electrons. The first-order chi connectivity index (χ1) is 18.7. The summed E-state index contributed by atoms with van der Waals surface area (Å²) in [5, 5.41) is 7.99. The van der Waals surface area contributed by atoms with Crippen molar-refractivity contribution in [1.29, 1.82) is 0 Å². The van der Waals surface area contributed by atoms with Gasteiger partial charge in [-0.25, -0.2) is 0 Å². The minimum atomic E-state index is 1.19. The Bertz CT molecular complexity index is 2190. The van der Waals surface area contributed by atoms with Gasteiger partial charge in [-0.2, -0.15) is 0 Å². The van der Waals surface area contributed by atoms with Crippen LogP contribution in [0.5, 0.6) is 0 Å². The monoisotopic (exact) mass is 503 g/mol. The van der Waals surface area contributed by atoms with Crippen molar-refractivity contribution in [2.45, 2.75) is 13.8 Å². The fourth-order valence-electron chi connectivity index (χ4n) is 6.34. The number of benzene rings is 6. The number of aryl methyl sites for hydroxylation is 2. The molecule has 0 aliphatic carbocycles. The van der Waals surface area contributed by atoms with E-state index in [4.69, 9.17) is 0 Å². The van der Waals surface area contributed by atoms with Gasteiger partial charge in [-0.3, -0.25) is 0 Å². The third-order valence-electron chi connectivity index (χ3n) is 8.11. The SMILES string of the molecule is Cc1ccc2c(c1-c1ccc3c(sc4c5ccccc5ccc34)c1C)c1ccccc1n2-c1ccccc1. The van der Waals surface area contributed by atoms with E-state index in [1.807, 2.05) is 11.3 Å². The lowest BCUT2D eigenvalue weighted by atomic mass is 9.91. The largest absolute Gasteiger partial charge is 0.309 e. The van der Waals surface area contributed by atoms with E-state index in [-0.39, 0.29) is 0 Å². The van der Waals surface area contributed by atoms with E-state index < -0.39 is 0 Å². The number of hydrogen-bond acceptors (Lipinski definition) is 1. The van der Waals surface area contributed by atoms with Gasteiger partial charge >= 0.3 is 0 Å². The highest BCUT2D eigenvalue weighted by atomic mass is 32.1. The van der Waals surface area contributed by atoms with Crippen LogP contribution in [-0.4, -0.2) is 4.57 Å². The van der Waals surface area contributed by atoms with E-state index in [1.54, 1.807) is 0 Å². The molecule has 0 saturated carbocycles. The molecule has 0 unspecified atom stereocenters. The zero-order chi connectivity index (χ0) is 25.4. The second-order valence-electron chi connectivity index (χ2n) is 10.2. The van der Waals surface area contributed by atoms with Crippen LogP contribution in [-0.2, 0) is 0 Å². The minimum Gasteiger partial charge on any atom is -0.309 e. The van der Waals surface area contributed by atoms with Gasteiger partial charge in [0.2, 0.25) is 0 Å². The highest BCUT2D eigenvalue weighted by molar-refractivity contribution is 7.27. The van der Waals surface area contributed by atoms with Gasteiger partial charge in [-0.05, 0) is 71.1 Å². The highest BCUT2D eigenvalue weighted by Gasteiger charge is 2.20. The molecule has 2 aromatic heterocycles. The fraction of sp³-hybridized carbons (Fsp3) is 0.0556. The number of thiophene rings is 1. The number of nitrogens with zero attached hydrogens (tertiary/aromatic N) is 1. The summed E-state index contributed by atoms with van der Waals surface area (Å²) in [6.07, 6.45) is 0. The molecule has 0 atom stereocenters. The van der Waals surface area contributed by atoms with E-state index in [9.17, 15) is 0 Å². The maximum atomic E-state index is 2.41. The molecule has 0 spiro atoms. The quantitative estimate of drug-likeness (QED) is 0.221. The molecule has 1 nitrogen and oxygen atoms in total. The third-order valence-corrected chi connectivity index (χ3v) is 9.48. The van der Waals surface area contributed by atoms with Crippen LogP contribution in [0.3, 0.4) is 0 Å². The van der Waals surface area contributed by atoms with Crippen LogP contribution >= 0.6 is 11.3 Å². The topological polar surface area (TPSA) is 4.93 Å². The average molecular weight is 504 g/mol. The molecule has 0 bridgehead atoms. The predicted octanol–water partition coefficient (Wildman–Crippen LogP) is 10.6. The lowest BCUT2D eigenvalue weighted by molar-refractivity contribution is 1.18. The Labute approximate surface area is 225 Å². The summed E-state index contributed by atoms with van der Waals surface area (Å²) < 4.78 is 5.18. The second kappa shape index (κ2) is 8.05. The lowest BCUT2D eigenvalue weighted by Gasteiger charge is -2.14. The molecular weight excluding hydrogens is 478 g/mol. The number of rotatable bonds is 2. The standard InChI is InChI=1S/C36H25NS/c1-22-16-21-32-34(30-14-8-9-15-31(30)37(32)25-11-4-3-5-12-25)33(22)26-19-20-28-29-18-17-24-10-6-7-13-27(24)36(29)38-35(28)23(26)2/h3-21H,1-2H3. The van der Waals surface area contributed by atoms with E-state index in [0.29, 0.717) is 0 Å². The van der Waals surface area contributed by atoms with Crippen molar-refractivity contribution < 1.29 is 0 Å². The lowest BCUT2D eigenvalue weighted by Crippen LogP contribution is -1.94.